The molecule has 0 amide bonds. The average Bonchev–Trinajstić information content (AvgIpc) is 2.89. The zero-order chi connectivity index (χ0) is 13.4. The number of rotatable bonds is 1. The quantitative estimate of drug-likeness (QED) is 0.669. The Balaban J connectivity index is 2.34. The molecule has 92 valence electrons. The Labute approximate surface area is 108 Å². The van der Waals surface area contributed by atoms with E-state index in [9.17, 15) is 9.65 Å². The molecule has 0 atom stereocenters. The molecule has 2 aromatic heterocycles. The molecule has 0 unspecified atom stereocenters. The monoisotopic (exact) mass is 252 g/mol. The summed E-state index contributed by atoms with van der Waals surface area (Å²) in [5.41, 5.74) is 3.34. The second kappa shape index (κ2) is 4.18. The maximum atomic E-state index is 13.0. The fraction of sp³-hybridized carbons (Fsp3) is 0.0714. The Hall–Kier alpha value is -2.74. The van der Waals surface area contributed by atoms with Gasteiger partial charge in [-0.05, 0) is 30.7 Å². The van der Waals surface area contributed by atoms with Crippen molar-refractivity contribution in [2.24, 2.45) is 0 Å². The first-order valence-corrected chi connectivity index (χ1v) is 5.70. The molecule has 5 heteroatoms. The van der Waals surface area contributed by atoms with E-state index < -0.39 is 0 Å². The number of aromatic nitrogens is 3. The fourth-order valence-corrected chi connectivity index (χ4v) is 2.10. The lowest BCUT2D eigenvalue weighted by molar-refractivity contribution is 0.628. The predicted molar refractivity (Wildman–Crippen MR) is 67.8 cm³/mol. The topological polar surface area (TPSA) is 54.0 Å². The highest BCUT2D eigenvalue weighted by Crippen LogP contribution is 2.27. The number of pyridine rings is 1. The lowest BCUT2D eigenvalue weighted by atomic mass is 10.0. The number of nitrogens with zero attached hydrogens (tertiary/aromatic N) is 4. The Morgan fingerprint density at radius 2 is 2.00 bits per heavy atom. The summed E-state index contributed by atoms with van der Waals surface area (Å²) in [6.45, 7) is 1.88. The highest BCUT2D eigenvalue weighted by molar-refractivity contribution is 5.77. The van der Waals surface area contributed by atoms with Crippen LogP contribution in [-0.4, -0.2) is 14.6 Å². The van der Waals surface area contributed by atoms with E-state index in [1.807, 2.05) is 13.0 Å². The van der Waals surface area contributed by atoms with Crippen molar-refractivity contribution < 1.29 is 4.39 Å². The molecule has 0 fully saturated rings. The molecule has 3 rings (SSSR count). The highest BCUT2D eigenvalue weighted by atomic mass is 19.1. The van der Waals surface area contributed by atoms with Gasteiger partial charge < -0.3 is 0 Å². The van der Waals surface area contributed by atoms with Crippen molar-refractivity contribution in [3.8, 4) is 17.2 Å². The van der Waals surface area contributed by atoms with Crippen LogP contribution in [0.25, 0.3) is 16.8 Å². The minimum atomic E-state index is -0.303. The lowest BCUT2D eigenvalue weighted by Gasteiger charge is -2.08. The van der Waals surface area contributed by atoms with Crippen molar-refractivity contribution in [1.29, 1.82) is 5.26 Å². The molecule has 0 radical (unpaired) electrons. The maximum Gasteiger partial charge on any atom is 0.173 e. The van der Waals surface area contributed by atoms with Crippen molar-refractivity contribution in [2.45, 2.75) is 6.92 Å². The summed E-state index contributed by atoms with van der Waals surface area (Å²) in [6.07, 6.45) is 1.41. The molecule has 0 aliphatic heterocycles. The Kier molecular flexibility index (Phi) is 2.50. The first-order chi connectivity index (χ1) is 9.20. The van der Waals surface area contributed by atoms with Gasteiger partial charge in [0.05, 0.1) is 0 Å². The van der Waals surface area contributed by atoms with E-state index in [2.05, 4.69) is 16.2 Å². The van der Waals surface area contributed by atoms with Crippen LogP contribution in [0, 0.1) is 24.1 Å². The summed E-state index contributed by atoms with van der Waals surface area (Å²) in [7, 11) is 0. The summed E-state index contributed by atoms with van der Waals surface area (Å²) in [4.78, 5) is 4.11. The lowest BCUT2D eigenvalue weighted by Crippen LogP contribution is -1.98. The van der Waals surface area contributed by atoms with Crippen molar-refractivity contribution >= 4 is 5.65 Å². The van der Waals surface area contributed by atoms with E-state index in [1.54, 1.807) is 16.6 Å². The summed E-state index contributed by atoms with van der Waals surface area (Å²) in [5, 5.41) is 13.4. The van der Waals surface area contributed by atoms with Gasteiger partial charge in [-0.15, -0.1) is 0 Å². The molecule has 0 aliphatic rings. The van der Waals surface area contributed by atoms with Gasteiger partial charge in [0, 0.05) is 11.3 Å². The number of hydrogen-bond acceptors (Lipinski definition) is 3. The molecule has 0 saturated heterocycles. The van der Waals surface area contributed by atoms with E-state index in [1.165, 1.54) is 18.5 Å². The van der Waals surface area contributed by atoms with Crippen LogP contribution in [0.4, 0.5) is 4.39 Å². The maximum absolute atomic E-state index is 13.0. The van der Waals surface area contributed by atoms with Gasteiger partial charge in [-0.25, -0.2) is 13.9 Å². The molecule has 3 aromatic rings. The van der Waals surface area contributed by atoms with Gasteiger partial charge in [-0.3, -0.25) is 0 Å². The standard InChI is InChI=1S/C14H9FN4/c1-9-6-12(10-2-4-11(15)5-3-10)13(7-16)14-17-8-18-19(9)14/h2-6,8H,1H3. The van der Waals surface area contributed by atoms with Crippen molar-refractivity contribution in [2.75, 3.05) is 0 Å². The molecular formula is C14H9FN4. The smallest absolute Gasteiger partial charge is 0.173 e. The zero-order valence-electron chi connectivity index (χ0n) is 10.1. The first kappa shape index (κ1) is 11.4. The van der Waals surface area contributed by atoms with E-state index in [0.29, 0.717) is 11.2 Å². The van der Waals surface area contributed by atoms with Crippen LogP contribution in [0.5, 0.6) is 0 Å². The van der Waals surface area contributed by atoms with Gasteiger partial charge in [-0.2, -0.15) is 10.4 Å². The Morgan fingerprint density at radius 3 is 2.68 bits per heavy atom. The second-order valence-corrected chi connectivity index (χ2v) is 4.19. The van der Waals surface area contributed by atoms with Gasteiger partial charge >= 0.3 is 0 Å². The number of hydrogen-bond donors (Lipinski definition) is 0. The van der Waals surface area contributed by atoms with Crippen molar-refractivity contribution in [3.05, 3.63) is 53.7 Å². The van der Waals surface area contributed by atoms with Crippen LogP contribution in [-0.2, 0) is 0 Å². The summed E-state index contributed by atoms with van der Waals surface area (Å²) < 4.78 is 14.6. The van der Waals surface area contributed by atoms with Gasteiger partial charge in [0.2, 0.25) is 0 Å². The normalized spacial score (nSPS) is 10.6. The van der Waals surface area contributed by atoms with E-state index in [4.69, 9.17) is 0 Å². The number of aryl methyl sites for hydroxylation is 1. The van der Waals surface area contributed by atoms with Crippen LogP contribution in [0.1, 0.15) is 11.3 Å². The van der Waals surface area contributed by atoms with E-state index >= 15 is 0 Å². The highest BCUT2D eigenvalue weighted by Gasteiger charge is 2.13. The number of halogens is 1. The molecule has 0 bridgehead atoms. The third-order valence-electron chi connectivity index (χ3n) is 3.00. The van der Waals surface area contributed by atoms with Crippen LogP contribution >= 0.6 is 0 Å². The molecule has 19 heavy (non-hydrogen) atoms. The molecule has 2 heterocycles. The Bertz CT molecular complexity index is 797. The van der Waals surface area contributed by atoms with Gasteiger partial charge in [0.1, 0.15) is 23.8 Å². The van der Waals surface area contributed by atoms with Gasteiger partial charge in [-0.1, -0.05) is 12.1 Å². The minimum Gasteiger partial charge on any atom is -0.217 e. The largest absolute Gasteiger partial charge is 0.217 e. The zero-order valence-corrected chi connectivity index (χ0v) is 10.1. The predicted octanol–water partition coefficient (Wildman–Crippen LogP) is 2.72. The van der Waals surface area contributed by atoms with Crippen molar-refractivity contribution in [1.82, 2.24) is 14.6 Å². The van der Waals surface area contributed by atoms with Crippen LogP contribution in [0.2, 0.25) is 0 Å². The summed E-state index contributed by atoms with van der Waals surface area (Å²) in [5.74, 6) is -0.303. The Morgan fingerprint density at radius 1 is 1.26 bits per heavy atom. The summed E-state index contributed by atoms with van der Waals surface area (Å²) >= 11 is 0. The number of fused-ring (bicyclic) bond motifs is 1. The molecular weight excluding hydrogens is 243 g/mol. The first-order valence-electron chi connectivity index (χ1n) is 5.70. The molecule has 1 aromatic carbocycles. The molecule has 4 nitrogen and oxygen atoms in total. The third kappa shape index (κ3) is 1.74. The summed E-state index contributed by atoms with van der Waals surface area (Å²) in [6, 6.07) is 10.1. The van der Waals surface area contributed by atoms with Crippen LogP contribution in [0.15, 0.2) is 36.7 Å². The average molecular weight is 252 g/mol. The third-order valence-corrected chi connectivity index (χ3v) is 3.00. The van der Waals surface area contributed by atoms with Crippen molar-refractivity contribution in [3.63, 3.8) is 0 Å². The van der Waals surface area contributed by atoms with Gasteiger partial charge in [0.25, 0.3) is 0 Å². The number of nitriles is 1. The molecule has 0 spiro atoms. The van der Waals surface area contributed by atoms with Gasteiger partial charge in [0.15, 0.2) is 5.65 Å². The van der Waals surface area contributed by atoms with Crippen LogP contribution < -0.4 is 0 Å². The molecule has 0 N–H and O–H groups in total. The molecule has 0 saturated carbocycles. The minimum absolute atomic E-state index is 0.303. The molecule has 0 aliphatic carbocycles. The van der Waals surface area contributed by atoms with E-state index in [-0.39, 0.29) is 5.82 Å². The SMILES string of the molecule is Cc1cc(-c2ccc(F)cc2)c(C#N)c2ncnn12. The number of benzene rings is 1. The second-order valence-electron chi connectivity index (χ2n) is 4.19. The fourth-order valence-electron chi connectivity index (χ4n) is 2.10. The van der Waals surface area contributed by atoms with E-state index in [0.717, 1.165) is 16.8 Å². The van der Waals surface area contributed by atoms with Crippen LogP contribution in [0.3, 0.4) is 0 Å².